The zero-order valence-electron chi connectivity index (χ0n) is 9.54. The molecule has 1 rings (SSSR count). The van der Waals surface area contributed by atoms with Gasteiger partial charge in [0.25, 0.3) is 0 Å². The summed E-state index contributed by atoms with van der Waals surface area (Å²) in [7, 11) is 0. The zero-order valence-corrected chi connectivity index (χ0v) is 10.3. The van der Waals surface area contributed by atoms with E-state index < -0.39 is 0 Å². The summed E-state index contributed by atoms with van der Waals surface area (Å²) in [6.07, 6.45) is 2.22. The van der Waals surface area contributed by atoms with Crippen molar-refractivity contribution in [2.75, 3.05) is 25.6 Å². The summed E-state index contributed by atoms with van der Waals surface area (Å²) >= 11 is 5.86. The second-order valence-electron chi connectivity index (χ2n) is 3.47. The fourth-order valence-electron chi connectivity index (χ4n) is 1.20. The molecule has 0 heterocycles. The van der Waals surface area contributed by atoms with Gasteiger partial charge in [-0.25, -0.2) is 0 Å². The van der Waals surface area contributed by atoms with E-state index in [4.69, 9.17) is 26.8 Å². The third-order valence-electron chi connectivity index (χ3n) is 2.14. The molecule has 0 radical (unpaired) electrons. The number of nitrogens with two attached hydrogens (primary N) is 1. The molecule has 1 aromatic carbocycles. The molecule has 3 nitrogen and oxygen atoms in total. The minimum absolute atomic E-state index is 0.484. The standard InChI is InChI=1S/C12H18ClNO2/c1-2-3-7-15-8-9-16-11-6-4-5-10(13)12(11)14/h4-6H,2-3,7-9,14H2,1H3. The number of hydrogen-bond donors (Lipinski definition) is 1. The van der Waals surface area contributed by atoms with Crippen molar-refractivity contribution in [3.8, 4) is 5.75 Å². The molecule has 1 aromatic rings. The lowest BCUT2D eigenvalue weighted by atomic mass is 10.3. The van der Waals surface area contributed by atoms with E-state index in [1.165, 1.54) is 0 Å². The van der Waals surface area contributed by atoms with Crippen molar-refractivity contribution < 1.29 is 9.47 Å². The Morgan fingerprint density at radius 2 is 2.06 bits per heavy atom. The van der Waals surface area contributed by atoms with E-state index in [0.717, 1.165) is 19.4 Å². The third-order valence-corrected chi connectivity index (χ3v) is 2.47. The Balaban J connectivity index is 2.24. The first-order valence-corrected chi connectivity index (χ1v) is 5.88. The van der Waals surface area contributed by atoms with Crippen LogP contribution in [0.5, 0.6) is 5.75 Å². The molecule has 0 saturated heterocycles. The van der Waals surface area contributed by atoms with Gasteiger partial charge in [-0.3, -0.25) is 0 Å². The number of hydrogen-bond acceptors (Lipinski definition) is 3. The summed E-state index contributed by atoms with van der Waals surface area (Å²) in [6.45, 7) is 3.98. The monoisotopic (exact) mass is 243 g/mol. The Morgan fingerprint density at radius 3 is 2.81 bits per heavy atom. The summed E-state index contributed by atoms with van der Waals surface area (Å²) in [6, 6.07) is 5.35. The van der Waals surface area contributed by atoms with Crippen LogP contribution in [0.15, 0.2) is 18.2 Å². The van der Waals surface area contributed by atoms with E-state index in [1.807, 2.05) is 6.07 Å². The quantitative estimate of drug-likeness (QED) is 0.591. The molecule has 0 atom stereocenters. The molecule has 0 aliphatic rings. The molecule has 0 fully saturated rings. The van der Waals surface area contributed by atoms with E-state index in [2.05, 4.69) is 6.92 Å². The topological polar surface area (TPSA) is 44.5 Å². The maximum atomic E-state index is 5.86. The molecule has 0 aliphatic heterocycles. The summed E-state index contributed by atoms with van der Waals surface area (Å²) < 4.78 is 10.8. The fraction of sp³-hybridized carbons (Fsp3) is 0.500. The number of nitrogen functional groups attached to an aromatic ring is 1. The summed E-state index contributed by atoms with van der Waals surface area (Å²) in [4.78, 5) is 0. The molecular formula is C12H18ClNO2. The lowest BCUT2D eigenvalue weighted by Gasteiger charge is -2.09. The van der Waals surface area contributed by atoms with Gasteiger partial charge in [-0.1, -0.05) is 31.0 Å². The molecule has 90 valence electrons. The fourth-order valence-corrected chi connectivity index (χ4v) is 1.37. The number of anilines is 1. The maximum absolute atomic E-state index is 5.86. The minimum atomic E-state index is 0.484. The largest absolute Gasteiger partial charge is 0.489 e. The van der Waals surface area contributed by atoms with Crippen LogP contribution in [0.4, 0.5) is 5.69 Å². The molecule has 0 saturated carbocycles. The third kappa shape index (κ3) is 4.29. The second kappa shape index (κ2) is 7.36. The van der Waals surface area contributed by atoms with E-state index in [9.17, 15) is 0 Å². The number of benzene rings is 1. The molecule has 16 heavy (non-hydrogen) atoms. The van der Waals surface area contributed by atoms with Crippen molar-refractivity contribution >= 4 is 17.3 Å². The van der Waals surface area contributed by atoms with Crippen molar-refractivity contribution in [3.05, 3.63) is 23.2 Å². The van der Waals surface area contributed by atoms with Gasteiger partial charge in [0.2, 0.25) is 0 Å². The normalized spacial score (nSPS) is 10.4. The Hall–Kier alpha value is -0.930. The van der Waals surface area contributed by atoms with Gasteiger partial charge in [0.1, 0.15) is 12.4 Å². The predicted molar refractivity (Wildman–Crippen MR) is 67.1 cm³/mol. The molecule has 2 N–H and O–H groups in total. The van der Waals surface area contributed by atoms with E-state index in [-0.39, 0.29) is 0 Å². The van der Waals surface area contributed by atoms with Crippen LogP contribution in [0.3, 0.4) is 0 Å². The Morgan fingerprint density at radius 1 is 1.25 bits per heavy atom. The van der Waals surface area contributed by atoms with Crippen molar-refractivity contribution in [1.82, 2.24) is 0 Å². The summed E-state index contributed by atoms with van der Waals surface area (Å²) in [5.74, 6) is 0.617. The van der Waals surface area contributed by atoms with Crippen LogP contribution in [0.25, 0.3) is 0 Å². The molecule has 0 aliphatic carbocycles. The zero-order chi connectivity index (χ0) is 11.8. The van der Waals surface area contributed by atoms with Crippen LogP contribution in [0.2, 0.25) is 5.02 Å². The predicted octanol–water partition coefficient (Wildman–Crippen LogP) is 3.12. The Bertz CT molecular complexity index is 318. The van der Waals surface area contributed by atoms with Crippen molar-refractivity contribution in [2.45, 2.75) is 19.8 Å². The summed E-state index contributed by atoms with van der Waals surface area (Å²) in [5.41, 5.74) is 6.23. The van der Waals surface area contributed by atoms with Crippen LogP contribution in [-0.2, 0) is 4.74 Å². The smallest absolute Gasteiger partial charge is 0.143 e. The first-order valence-electron chi connectivity index (χ1n) is 5.50. The van der Waals surface area contributed by atoms with Gasteiger partial charge in [-0.15, -0.1) is 0 Å². The average molecular weight is 244 g/mol. The van der Waals surface area contributed by atoms with Crippen molar-refractivity contribution in [1.29, 1.82) is 0 Å². The van der Waals surface area contributed by atoms with Crippen LogP contribution in [0.1, 0.15) is 19.8 Å². The van der Waals surface area contributed by atoms with Crippen LogP contribution >= 0.6 is 11.6 Å². The molecule has 0 aromatic heterocycles. The minimum Gasteiger partial charge on any atom is -0.489 e. The number of rotatable bonds is 7. The summed E-state index contributed by atoms with van der Waals surface area (Å²) in [5, 5.41) is 0.518. The maximum Gasteiger partial charge on any atom is 0.143 e. The molecule has 0 bridgehead atoms. The van der Waals surface area contributed by atoms with Gasteiger partial charge in [0.05, 0.1) is 17.3 Å². The molecule has 0 spiro atoms. The van der Waals surface area contributed by atoms with Crippen LogP contribution in [0, 0.1) is 0 Å². The van der Waals surface area contributed by atoms with Crippen LogP contribution < -0.4 is 10.5 Å². The van der Waals surface area contributed by atoms with Gasteiger partial charge < -0.3 is 15.2 Å². The highest BCUT2D eigenvalue weighted by molar-refractivity contribution is 6.33. The van der Waals surface area contributed by atoms with Crippen LogP contribution in [-0.4, -0.2) is 19.8 Å². The van der Waals surface area contributed by atoms with E-state index in [1.54, 1.807) is 12.1 Å². The van der Waals surface area contributed by atoms with Gasteiger partial charge in [-0.2, -0.15) is 0 Å². The van der Waals surface area contributed by atoms with Crippen molar-refractivity contribution in [2.24, 2.45) is 0 Å². The Labute approximate surface area is 101 Å². The lowest BCUT2D eigenvalue weighted by molar-refractivity contribution is 0.0983. The Kier molecular flexibility index (Phi) is 6.04. The highest BCUT2D eigenvalue weighted by Gasteiger charge is 2.03. The average Bonchev–Trinajstić information content (AvgIpc) is 2.29. The number of ether oxygens (including phenoxy) is 2. The lowest BCUT2D eigenvalue weighted by Crippen LogP contribution is -2.08. The first-order chi connectivity index (χ1) is 7.75. The molecule has 0 unspecified atom stereocenters. The van der Waals surface area contributed by atoms with E-state index in [0.29, 0.717) is 29.7 Å². The van der Waals surface area contributed by atoms with Gasteiger partial charge in [0, 0.05) is 6.61 Å². The number of para-hydroxylation sites is 1. The SMILES string of the molecule is CCCCOCCOc1cccc(Cl)c1N. The number of halogens is 1. The van der Waals surface area contributed by atoms with Crippen molar-refractivity contribution in [3.63, 3.8) is 0 Å². The van der Waals surface area contributed by atoms with Gasteiger partial charge in [0.15, 0.2) is 0 Å². The first kappa shape index (κ1) is 13.1. The van der Waals surface area contributed by atoms with Gasteiger partial charge in [-0.05, 0) is 18.6 Å². The molecular weight excluding hydrogens is 226 g/mol. The molecule has 4 heteroatoms. The molecule has 0 amide bonds. The van der Waals surface area contributed by atoms with Gasteiger partial charge >= 0.3 is 0 Å². The highest BCUT2D eigenvalue weighted by atomic mass is 35.5. The number of unbranched alkanes of at least 4 members (excludes halogenated alkanes) is 1. The second-order valence-corrected chi connectivity index (χ2v) is 3.87. The van der Waals surface area contributed by atoms with E-state index >= 15 is 0 Å². The highest BCUT2D eigenvalue weighted by Crippen LogP contribution is 2.28.